The van der Waals surface area contributed by atoms with Gasteiger partial charge < -0.3 is 10.2 Å². The van der Waals surface area contributed by atoms with Gasteiger partial charge in [-0.25, -0.2) is 9.59 Å². The molecule has 0 radical (unpaired) electrons. The van der Waals surface area contributed by atoms with Crippen LogP contribution in [0.3, 0.4) is 0 Å². The van der Waals surface area contributed by atoms with Gasteiger partial charge in [0.2, 0.25) is 0 Å². The second-order valence-corrected chi connectivity index (χ2v) is 6.25. The van der Waals surface area contributed by atoms with E-state index < -0.39 is 11.9 Å². The SMILES string of the molecule is C=CC(=O)O.C=CC(=O)O.[Ti+2].c1ccc2[cH-]c(Cc3cc4ccccc4[cH-]3)cc2c1. The van der Waals surface area contributed by atoms with Crippen LogP contribution < -0.4 is 0 Å². The molecule has 5 heteroatoms. The molecule has 0 saturated heterocycles. The molecule has 0 heterocycles. The summed E-state index contributed by atoms with van der Waals surface area (Å²) in [4.78, 5) is 18.5. The van der Waals surface area contributed by atoms with Crippen molar-refractivity contribution in [3.05, 3.63) is 109 Å². The summed E-state index contributed by atoms with van der Waals surface area (Å²) in [5.41, 5.74) is 2.80. The van der Waals surface area contributed by atoms with Crippen molar-refractivity contribution in [1.82, 2.24) is 0 Å². The van der Waals surface area contributed by atoms with Crippen LogP contribution in [0.5, 0.6) is 0 Å². The van der Waals surface area contributed by atoms with Crippen LogP contribution in [0.4, 0.5) is 0 Å². The fourth-order valence-electron chi connectivity index (χ4n) is 2.87. The van der Waals surface area contributed by atoms with E-state index >= 15 is 0 Å². The number of aliphatic carboxylic acids is 2. The van der Waals surface area contributed by atoms with Crippen molar-refractivity contribution in [1.29, 1.82) is 0 Å². The van der Waals surface area contributed by atoms with Crippen molar-refractivity contribution in [3.63, 3.8) is 0 Å². The van der Waals surface area contributed by atoms with Gasteiger partial charge in [0.25, 0.3) is 0 Å². The standard InChI is InChI=1S/C19H14.2C3H4O2.Ti/c1-2-6-17-11-14(10-16(17)5-1)9-15-12-18-7-3-4-8-19(18)13-15;2*1-2-3(4)5;/h1-8,10-13H,9H2;2*2H,1H2,(H,4,5);/q-2;;;+2. The largest absolute Gasteiger partial charge is 2.00 e. The maximum atomic E-state index is 9.25. The summed E-state index contributed by atoms with van der Waals surface area (Å²) < 4.78 is 0. The molecule has 150 valence electrons. The molecule has 4 aromatic carbocycles. The number of rotatable bonds is 4. The quantitative estimate of drug-likeness (QED) is 0.252. The van der Waals surface area contributed by atoms with E-state index in [1.807, 2.05) is 0 Å². The van der Waals surface area contributed by atoms with Gasteiger partial charge in [-0.05, 0) is 6.42 Å². The zero-order chi connectivity index (χ0) is 21.2. The van der Waals surface area contributed by atoms with Gasteiger partial charge in [-0.3, -0.25) is 0 Å². The molecule has 4 rings (SSSR count). The number of fused-ring (bicyclic) bond motifs is 2. The number of hydrogen-bond acceptors (Lipinski definition) is 2. The van der Waals surface area contributed by atoms with Crippen molar-refractivity contribution < 1.29 is 41.5 Å². The van der Waals surface area contributed by atoms with Gasteiger partial charge in [0, 0.05) is 12.2 Å². The zero-order valence-corrected chi connectivity index (χ0v) is 18.0. The molecule has 4 aromatic rings. The van der Waals surface area contributed by atoms with Crippen LogP contribution in [0.1, 0.15) is 11.1 Å². The first-order valence-corrected chi connectivity index (χ1v) is 8.92. The number of carbonyl (C=O) groups is 2. The Morgan fingerprint density at radius 1 is 0.767 bits per heavy atom. The Labute approximate surface area is 190 Å². The van der Waals surface area contributed by atoms with Crippen molar-refractivity contribution in [2.24, 2.45) is 0 Å². The maximum Gasteiger partial charge on any atom is 2.00 e. The topological polar surface area (TPSA) is 74.6 Å². The van der Waals surface area contributed by atoms with Crippen molar-refractivity contribution in [3.8, 4) is 0 Å². The number of carboxylic acids is 2. The molecule has 0 atom stereocenters. The van der Waals surface area contributed by atoms with Gasteiger partial charge in [0.05, 0.1) is 0 Å². The summed E-state index contributed by atoms with van der Waals surface area (Å²) in [5.74, 6) is -1.96. The molecule has 2 N–H and O–H groups in total. The maximum absolute atomic E-state index is 9.25. The summed E-state index contributed by atoms with van der Waals surface area (Å²) in [6.07, 6.45) is 2.68. The Bertz CT molecular complexity index is 978. The van der Waals surface area contributed by atoms with E-state index in [0.717, 1.165) is 18.6 Å². The Morgan fingerprint density at radius 3 is 1.40 bits per heavy atom. The molecular weight excluding hydrogens is 412 g/mol. The molecule has 0 amide bonds. The molecule has 0 aromatic heterocycles. The number of carboxylic acid groups (broad SMARTS) is 2. The smallest absolute Gasteiger partial charge is 0.478 e. The van der Waals surface area contributed by atoms with Crippen molar-refractivity contribution >= 4 is 33.5 Å². The van der Waals surface area contributed by atoms with Gasteiger partial charge in [-0.1, -0.05) is 25.3 Å². The Morgan fingerprint density at radius 2 is 1.10 bits per heavy atom. The van der Waals surface area contributed by atoms with Gasteiger partial charge in [-0.15, -0.1) is 81.2 Å². The first-order valence-electron chi connectivity index (χ1n) is 8.92. The predicted molar refractivity (Wildman–Crippen MR) is 118 cm³/mol. The molecule has 0 aliphatic carbocycles. The van der Waals surface area contributed by atoms with Crippen LogP contribution in [-0.4, -0.2) is 22.2 Å². The first-order chi connectivity index (χ1) is 13.9. The van der Waals surface area contributed by atoms with Gasteiger partial charge in [0.1, 0.15) is 0 Å². The molecular formula is C25H22O4Ti. The zero-order valence-electron chi connectivity index (χ0n) is 16.4. The van der Waals surface area contributed by atoms with Gasteiger partial charge >= 0.3 is 33.7 Å². The Balaban J connectivity index is 0.000000348. The van der Waals surface area contributed by atoms with E-state index in [2.05, 4.69) is 86.0 Å². The minimum atomic E-state index is -0.981. The van der Waals surface area contributed by atoms with Crippen LogP contribution in [-0.2, 0) is 37.7 Å². The minimum Gasteiger partial charge on any atom is -0.478 e. The normalized spacial score (nSPS) is 9.33. The summed E-state index contributed by atoms with van der Waals surface area (Å²) >= 11 is 0. The van der Waals surface area contributed by atoms with E-state index in [-0.39, 0.29) is 21.7 Å². The molecule has 0 bridgehead atoms. The van der Waals surface area contributed by atoms with Crippen LogP contribution in [0.2, 0.25) is 0 Å². The minimum absolute atomic E-state index is 0. The number of hydrogen-bond donors (Lipinski definition) is 2. The van der Waals surface area contributed by atoms with E-state index in [9.17, 15) is 9.59 Å². The van der Waals surface area contributed by atoms with Crippen LogP contribution in [0.15, 0.2) is 98.1 Å². The van der Waals surface area contributed by atoms with E-state index in [1.54, 1.807) is 0 Å². The summed E-state index contributed by atoms with van der Waals surface area (Å²) in [6.45, 7) is 5.92. The second-order valence-electron chi connectivity index (χ2n) is 6.25. The van der Waals surface area contributed by atoms with Crippen LogP contribution in [0.25, 0.3) is 21.5 Å². The molecule has 0 aliphatic rings. The average molecular weight is 434 g/mol. The Hall–Kier alpha value is -3.21. The molecule has 0 unspecified atom stereocenters. The summed E-state index contributed by atoms with van der Waals surface area (Å²) in [7, 11) is 0. The van der Waals surface area contributed by atoms with E-state index in [4.69, 9.17) is 10.2 Å². The third-order valence-corrected chi connectivity index (χ3v) is 4.11. The van der Waals surface area contributed by atoms with E-state index in [1.165, 1.54) is 32.7 Å². The van der Waals surface area contributed by atoms with Crippen LogP contribution in [0, 0.1) is 0 Å². The molecule has 30 heavy (non-hydrogen) atoms. The molecule has 0 aliphatic heterocycles. The fourth-order valence-corrected chi connectivity index (χ4v) is 2.87. The Kier molecular flexibility index (Phi) is 10.2. The third kappa shape index (κ3) is 7.67. The van der Waals surface area contributed by atoms with Crippen molar-refractivity contribution in [2.75, 3.05) is 0 Å². The summed E-state index contributed by atoms with van der Waals surface area (Å²) in [5, 5.41) is 20.6. The molecule has 0 fully saturated rings. The van der Waals surface area contributed by atoms with Crippen molar-refractivity contribution in [2.45, 2.75) is 6.42 Å². The predicted octanol–water partition coefficient (Wildman–Crippen LogP) is 5.53. The molecule has 0 spiro atoms. The third-order valence-electron chi connectivity index (χ3n) is 4.11. The summed E-state index contributed by atoms with van der Waals surface area (Å²) in [6, 6.07) is 26.3. The van der Waals surface area contributed by atoms with Gasteiger partial charge in [-0.2, -0.15) is 12.1 Å². The first kappa shape index (κ1) is 24.8. The second kappa shape index (κ2) is 12.4. The monoisotopic (exact) mass is 434 g/mol. The molecule has 4 nitrogen and oxygen atoms in total. The van der Waals surface area contributed by atoms with Crippen LogP contribution >= 0.6 is 0 Å². The van der Waals surface area contributed by atoms with E-state index in [0.29, 0.717) is 0 Å². The van der Waals surface area contributed by atoms with Gasteiger partial charge in [0.15, 0.2) is 0 Å². The fraction of sp³-hybridized carbons (Fsp3) is 0.0400. The number of benzene rings is 2. The molecule has 0 saturated carbocycles. The average Bonchev–Trinajstić information content (AvgIpc) is 3.31.